The standard InChI is InChI=1S/C16H19N3/c1-19(12-11-13-7-3-2-4-8-13)15-10-6-5-9-14(15)16(17)18/h2-10H,11-12H2,1H3,(H3,17,18). The minimum Gasteiger partial charge on any atom is -0.384 e. The van der Waals surface area contributed by atoms with Gasteiger partial charge in [-0.05, 0) is 24.1 Å². The van der Waals surface area contributed by atoms with Crippen LogP contribution in [-0.4, -0.2) is 19.4 Å². The molecule has 3 N–H and O–H groups in total. The van der Waals surface area contributed by atoms with Crippen molar-refractivity contribution in [3.05, 3.63) is 65.7 Å². The van der Waals surface area contributed by atoms with Gasteiger partial charge in [-0.25, -0.2) is 0 Å². The van der Waals surface area contributed by atoms with E-state index >= 15 is 0 Å². The molecule has 0 saturated heterocycles. The second-order valence-corrected chi connectivity index (χ2v) is 4.59. The Morgan fingerprint density at radius 1 is 1.05 bits per heavy atom. The van der Waals surface area contributed by atoms with E-state index in [0.29, 0.717) is 0 Å². The molecule has 19 heavy (non-hydrogen) atoms. The van der Waals surface area contributed by atoms with Gasteiger partial charge in [-0.2, -0.15) is 0 Å². The van der Waals surface area contributed by atoms with E-state index in [1.54, 1.807) is 0 Å². The van der Waals surface area contributed by atoms with Crippen LogP contribution in [0.4, 0.5) is 5.69 Å². The third kappa shape index (κ3) is 3.35. The van der Waals surface area contributed by atoms with Gasteiger partial charge in [0.2, 0.25) is 0 Å². The van der Waals surface area contributed by atoms with Crippen LogP contribution in [0.3, 0.4) is 0 Å². The van der Waals surface area contributed by atoms with E-state index in [4.69, 9.17) is 11.1 Å². The number of nitrogens with one attached hydrogen (secondary N) is 1. The normalized spacial score (nSPS) is 10.2. The first-order chi connectivity index (χ1) is 9.18. The van der Waals surface area contributed by atoms with E-state index in [-0.39, 0.29) is 5.84 Å². The maximum absolute atomic E-state index is 7.62. The van der Waals surface area contributed by atoms with Crippen molar-refractivity contribution in [1.82, 2.24) is 0 Å². The van der Waals surface area contributed by atoms with Gasteiger partial charge in [0.05, 0.1) is 0 Å². The molecule has 3 nitrogen and oxygen atoms in total. The van der Waals surface area contributed by atoms with Crippen LogP contribution in [0, 0.1) is 5.41 Å². The number of hydrogen-bond acceptors (Lipinski definition) is 2. The first kappa shape index (κ1) is 13.1. The largest absolute Gasteiger partial charge is 0.384 e. The molecule has 0 bridgehead atoms. The van der Waals surface area contributed by atoms with Crippen LogP contribution in [0.1, 0.15) is 11.1 Å². The molecule has 0 radical (unpaired) electrons. The first-order valence-corrected chi connectivity index (χ1v) is 6.37. The molecule has 0 heterocycles. The second kappa shape index (κ2) is 6.05. The summed E-state index contributed by atoms with van der Waals surface area (Å²) < 4.78 is 0. The third-order valence-corrected chi connectivity index (χ3v) is 3.18. The molecule has 0 aliphatic carbocycles. The second-order valence-electron chi connectivity index (χ2n) is 4.59. The van der Waals surface area contributed by atoms with Crippen molar-refractivity contribution in [2.24, 2.45) is 5.73 Å². The third-order valence-electron chi connectivity index (χ3n) is 3.18. The molecule has 0 fully saturated rings. The van der Waals surface area contributed by atoms with Crippen molar-refractivity contribution in [2.45, 2.75) is 6.42 Å². The van der Waals surface area contributed by atoms with Crippen molar-refractivity contribution in [1.29, 1.82) is 5.41 Å². The van der Waals surface area contributed by atoms with E-state index in [0.717, 1.165) is 24.2 Å². The highest BCUT2D eigenvalue weighted by molar-refractivity contribution is 6.00. The number of benzene rings is 2. The summed E-state index contributed by atoms with van der Waals surface area (Å²) in [5.41, 5.74) is 8.73. The number of para-hydroxylation sites is 1. The van der Waals surface area contributed by atoms with Crippen molar-refractivity contribution in [2.75, 3.05) is 18.5 Å². The lowest BCUT2D eigenvalue weighted by atomic mass is 10.1. The SMILES string of the molecule is CN(CCc1ccccc1)c1ccccc1C(=N)N. The molecule has 2 aromatic rings. The highest BCUT2D eigenvalue weighted by atomic mass is 15.1. The first-order valence-electron chi connectivity index (χ1n) is 6.37. The number of nitrogens with zero attached hydrogens (tertiary/aromatic N) is 1. The van der Waals surface area contributed by atoms with Gasteiger partial charge in [-0.1, -0.05) is 42.5 Å². The van der Waals surface area contributed by atoms with E-state index in [1.165, 1.54) is 5.56 Å². The van der Waals surface area contributed by atoms with Gasteiger partial charge in [0.25, 0.3) is 0 Å². The van der Waals surface area contributed by atoms with Crippen LogP contribution < -0.4 is 10.6 Å². The molecule has 0 saturated carbocycles. The average molecular weight is 253 g/mol. The van der Waals surface area contributed by atoms with Gasteiger partial charge >= 0.3 is 0 Å². The molecular weight excluding hydrogens is 234 g/mol. The predicted octanol–water partition coefficient (Wildman–Crippen LogP) is 2.65. The minimum atomic E-state index is 0.113. The van der Waals surface area contributed by atoms with Gasteiger partial charge in [0.15, 0.2) is 0 Å². The summed E-state index contributed by atoms with van der Waals surface area (Å²) >= 11 is 0. The van der Waals surface area contributed by atoms with Gasteiger partial charge in [-0.3, -0.25) is 5.41 Å². The van der Waals surface area contributed by atoms with Crippen LogP contribution in [-0.2, 0) is 6.42 Å². The lowest BCUT2D eigenvalue weighted by Gasteiger charge is -2.22. The number of nitrogen functional groups attached to an aromatic ring is 1. The van der Waals surface area contributed by atoms with Gasteiger partial charge in [0, 0.05) is 24.8 Å². The number of nitrogens with two attached hydrogens (primary N) is 1. The number of rotatable bonds is 5. The lowest BCUT2D eigenvalue weighted by Crippen LogP contribution is -2.24. The summed E-state index contributed by atoms with van der Waals surface area (Å²) in [7, 11) is 2.03. The fourth-order valence-electron chi connectivity index (χ4n) is 2.10. The van der Waals surface area contributed by atoms with Crippen molar-refractivity contribution in [3.63, 3.8) is 0 Å². The Morgan fingerprint density at radius 3 is 2.37 bits per heavy atom. The van der Waals surface area contributed by atoms with E-state index in [9.17, 15) is 0 Å². The summed E-state index contributed by atoms with van der Waals surface area (Å²) in [6.07, 6.45) is 0.976. The zero-order valence-corrected chi connectivity index (χ0v) is 11.1. The van der Waals surface area contributed by atoms with Crippen molar-refractivity contribution in [3.8, 4) is 0 Å². The number of likely N-dealkylation sites (N-methyl/N-ethyl adjacent to an activating group) is 1. The predicted molar refractivity (Wildman–Crippen MR) is 80.9 cm³/mol. The van der Waals surface area contributed by atoms with E-state index in [1.807, 2.05) is 37.4 Å². The summed E-state index contributed by atoms with van der Waals surface area (Å²) in [5, 5.41) is 7.62. The summed E-state index contributed by atoms with van der Waals surface area (Å²) in [5.74, 6) is 0.113. The number of amidine groups is 1. The Balaban J connectivity index is 2.08. The molecule has 0 aliphatic heterocycles. The molecule has 2 rings (SSSR count). The summed E-state index contributed by atoms with van der Waals surface area (Å²) in [6.45, 7) is 0.897. The fourth-order valence-corrected chi connectivity index (χ4v) is 2.10. The van der Waals surface area contributed by atoms with Gasteiger partial charge in [-0.15, -0.1) is 0 Å². The van der Waals surface area contributed by atoms with Crippen LogP contribution in [0.25, 0.3) is 0 Å². The van der Waals surface area contributed by atoms with Gasteiger partial charge in [0.1, 0.15) is 5.84 Å². The van der Waals surface area contributed by atoms with Crippen LogP contribution in [0.2, 0.25) is 0 Å². The molecule has 98 valence electrons. The zero-order chi connectivity index (χ0) is 13.7. The maximum atomic E-state index is 7.62. The molecule has 0 aliphatic rings. The van der Waals surface area contributed by atoms with Crippen LogP contribution in [0.15, 0.2) is 54.6 Å². The number of anilines is 1. The Hall–Kier alpha value is -2.29. The topological polar surface area (TPSA) is 53.1 Å². The zero-order valence-electron chi connectivity index (χ0n) is 11.1. The van der Waals surface area contributed by atoms with Crippen molar-refractivity contribution < 1.29 is 0 Å². The summed E-state index contributed by atoms with van der Waals surface area (Å²) in [4.78, 5) is 2.14. The number of hydrogen-bond donors (Lipinski definition) is 2. The van der Waals surface area contributed by atoms with Gasteiger partial charge < -0.3 is 10.6 Å². The maximum Gasteiger partial charge on any atom is 0.124 e. The smallest absolute Gasteiger partial charge is 0.124 e. The molecule has 0 amide bonds. The molecule has 0 unspecified atom stereocenters. The Kier molecular flexibility index (Phi) is 4.18. The molecule has 2 aromatic carbocycles. The highest BCUT2D eigenvalue weighted by Gasteiger charge is 2.08. The summed E-state index contributed by atoms with van der Waals surface area (Å²) in [6, 6.07) is 18.2. The average Bonchev–Trinajstić information content (AvgIpc) is 2.46. The van der Waals surface area contributed by atoms with Crippen molar-refractivity contribution >= 4 is 11.5 Å². The highest BCUT2D eigenvalue weighted by Crippen LogP contribution is 2.18. The molecule has 3 heteroatoms. The van der Waals surface area contributed by atoms with E-state index in [2.05, 4.69) is 29.2 Å². The van der Waals surface area contributed by atoms with E-state index < -0.39 is 0 Å². The molecule has 0 spiro atoms. The fraction of sp³-hybridized carbons (Fsp3) is 0.188. The quantitative estimate of drug-likeness (QED) is 0.636. The Bertz CT molecular complexity index is 549. The Labute approximate surface area is 114 Å². The van der Waals surface area contributed by atoms with Crippen LogP contribution in [0.5, 0.6) is 0 Å². The Morgan fingerprint density at radius 2 is 1.68 bits per heavy atom. The van der Waals surface area contributed by atoms with Crippen LogP contribution >= 0.6 is 0 Å². The molecule has 0 aromatic heterocycles. The molecule has 0 atom stereocenters. The minimum absolute atomic E-state index is 0.113. The monoisotopic (exact) mass is 253 g/mol. The lowest BCUT2D eigenvalue weighted by molar-refractivity contribution is 0.875. The molecular formula is C16H19N3.